The van der Waals surface area contributed by atoms with E-state index in [1.54, 1.807) is 12.3 Å². The monoisotopic (exact) mass is 332 g/mol. The Labute approximate surface area is 139 Å². The third-order valence-corrected chi connectivity index (χ3v) is 4.33. The van der Waals surface area contributed by atoms with Crippen LogP contribution in [-0.2, 0) is 16.0 Å². The number of fused-ring (bicyclic) bond motifs is 1. The van der Waals surface area contributed by atoms with Gasteiger partial charge in [-0.2, -0.15) is 0 Å². The molecule has 24 heavy (non-hydrogen) atoms. The van der Waals surface area contributed by atoms with Crippen molar-refractivity contribution in [1.82, 2.24) is 15.2 Å². The Morgan fingerprint density at radius 2 is 2.25 bits per heavy atom. The van der Waals surface area contributed by atoms with Gasteiger partial charge in [-0.3, -0.25) is 14.5 Å². The summed E-state index contributed by atoms with van der Waals surface area (Å²) in [5.74, 6) is -0.740. The predicted octanol–water partition coefficient (Wildman–Crippen LogP) is 0.915. The summed E-state index contributed by atoms with van der Waals surface area (Å²) in [7, 11) is 0. The number of nitrogens with two attached hydrogens (primary N) is 1. The van der Waals surface area contributed by atoms with Crippen molar-refractivity contribution < 1.29 is 14.0 Å². The summed E-state index contributed by atoms with van der Waals surface area (Å²) in [4.78, 5) is 28.3. The molecular formula is C17H21FN4O2. The number of primary amides is 1. The molecule has 1 fully saturated rings. The molecule has 0 unspecified atom stereocenters. The molecule has 2 amide bonds. The molecule has 1 saturated heterocycles. The zero-order chi connectivity index (χ0) is 17.1. The van der Waals surface area contributed by atoms with Crippen LogP contribution >= 0.6 is 0 Å². The zero-order valence-electron chi connectivity index (χ0n) is 13.3. The first-order valence-corrected chi connectivity index (χ1v) is 8.07. The summed E-state index contributed by atoms with van der Waals surface area (Å²) in [6.07, 6.45) is 3.78. The van der Waals surface area contributed by atoms with Gasteiger partial charge < -0.3 is 16.0 Å². The maximum Gasteiger partial charge on any atom is 0.231 e. The van der Waals surface area contributed by atoms with Gasteiger partial charge in [-0.05, 0) is 43.1 Å². The maximum atomic E-state index is 13.2. The first-order chi connectivity index (χ1) is 11.5. The van der Waals surface area contributed by atoms with E-state index in [0.717, 1.165) is 30.3 Å². The van der Waals surface area contributed by atoms with Crippen LogP contribution in [0.2, 0.25) is 0 Å². The topological polar surface area (TPSA) is 91.2 Å². The number of carbonyl (C=O) groups is 2. The van der Waals surface area contributed by atoms with Gasteiger partial charge >= 0.3 is 0 Å². The first-order valence-electron chi connectivity index (χ1n) is 8.07. The van der Waals surface area contributed by atoms with Gasteiger partial charge in [0, 0.05) is 29.7 Å². The number of benzene rings is 1. The van der Waals surface area contributed by atoms with Crippen LogP contribution in [0.4, 0.5) is 4.39 Å². The third-order valence-electron chi connectivity index (χ3n) is 4.33. The Morgan fingerprint density at radius 3 is 3.04 bits per heavy atom. The Balaban J connectivity index is 1.59. The van der Waals surface area contributed by atoms with E-state index in [1.165, 1.54) is 12.1 Å². The fraction of sp³-hybridized carbons (Fsp3) is 0.412. The molecule has 1 aromatic heterocycles. The van der Waals surface area contributed by atoms with E-state index in [9.17, 15) is 14.0 Å². The van der Waals surface area contributed by atoms with E-state index in [0.29, 0.717) is 12.1 Å². The zero-order valence-corrected chi connectivity index (χ0v) is 13.3. The lowest BCUT2D eigenvalue weighted by molar-refractivity contribution is -0.121. The molecule has 1 aliphatic heterocycles. The van der Waals surface area contributed by atoms with Crippen LogP contribution in [0.25, 0.3) is 10.9 Å². The van der Waals surface area contributed by atoms with Crippen LogP contribution in [0.3, 0.4) is 0 Å². The van der Waals surface area contributed by atoms with Gasteiger partial charge in [0.2, 0.25) is 11.8 Å². The van der Waals surface area contributed by atoms with E-state index < -0.39 is 0 Å². The van der Waals surface area contributed by atoms with Crippen molar-refractivity contribution in [1.29, 1.82) is 0 Å². The summed E-state index contributed by atoms with van der Waals surface area (Å²) in [6, 6.07) is 4.51. The van der Waals surface area contributed by atoms with Gasteiger partial charge in [0.25, 0.3) is 0 Å². The second-order valence-electron chi connectivity index (χ2n) is 6.29. The van der Waals surface area contributed by atoms with Gasteiger partial charge in [-0.15, -0.1) is 0 Å². The Morgan fingerprint density at radius 1 is 1.42 bits per heavy atom. The molecule has 4 N–H and O–H groups in total. The predicted molar refractivity (Wildman–Crippen MR) is 88.8 cm³/mol. The van der Waals surface area contributed by atoms with Gasteiger partial charge in [0.05, 0.1) is 13.0 Å². The molecule has 1 aromatic carbocycles. The van der Waals surface area contributed by atoms with Crippen LogP contribution in [0.15, 0.2) is 24.4 Å². The van der Waals surface area contributed by atoms with Crippen molar-refractivity contribution in [3.8, 4) is 0 Å². The molecule has 1 atom stereocenters. The van der Waals surface area contributed by atoms with Crippen LogP contribution in [0.5, 0.6) is 0 Å². The summed E-state index contributed by atoms with van der Waals surface area (Å²) >= 11 is 0. The lowest BCUT2D eigenvalue weighted by Gasteiger charge is -2.32. The van der Waals surface area contributed by atoms with Crippen molar-refractivity contribution in [3.05, 3.63) is 35.8 Å². The number of aromatic amines is 1. The normalized spacial score (nSPS) is 18.6. The highest BCUT2D eigenvalue weighted by Gasteiger charge is 2.22. The number of piperidine rings is 1. The molecule has 128 valence electrons. The van der Waals surface area contributed by atoms with E-state index in [4.69, 9.17) is 5.73 Å². The highest BCUT2D eigenvalue weighted by Crippen LogP contribution is 2.20. The van der Waals surface area contributed by atoms with E-state index in [2.05, 4.69) is 10.3 Å². The SMILES string of the molecule is NC(=O)CN1CCC[C@H](NC(=O)Cc2c[nH]c3cc(F)ccc23)C1. The van der Waals surface area contributed by atoms with Gasteiger partial charge in [0.1, 0.15) is 5.82 Å². The van der Waals surface area contributed by atoms with E-state index >= 15 is 0 Å². The number of carbonyl (C=O) groups excluding carboxylic acids is 2. The van der Waals surface area contributed by atoms with Crippen LogP contribution in [0, 0.1) is 5.82 Å². The number of nitrogens with one attached hydrogen (secondary N) is 2. The third kappa shape index (κ3) is 3.91. The minimum Gasteiger partial charge on any atom is -0.369 e. The molecule has 0 aliphatic carbocycles. The van der Waals surface area contributed by atoms with Crippen molar-refractivity contribution in [2.24, 2.45) is 5.73 Å². The molecule has 0 saturated carbocycles. The number of likely N-dealkylation sites (tertiary alicyclic amines) is 1. The van der Waals surface area contributed by atoms with Crippen LogP contribution in [0.1, 0.15) is 18.4 Å². The number of hydrogen-bond acceptors (Lipinski definition) is 3. The molecule has 7 heteroatoms. The lowest BCUT2D eigenvalue weighted by Crippen LogP contribution is -2.49. The average molecular weight is 332 g/mol. The quantitative estimate of drug-likeness (QED) is 0.760. The van der Waals surface area contributed by atoms with E-state index in [1.807, 2.05) is 4.90 Å². The Kier molecular flexibility index (Phi) is 4.80. The van der Waals surface area contributed by atoms with Crippen molar-refractivity contribution in [2.45, 2.75) is 25.3 Å². The first kappa shape index (κ1) is 16.4. The molecule has 0 radical (unpaired) electrons. The van der Waals surface area contributed by atoms with Crippen LogP contribution < -0.4 is 11.1 Å². The minimum atomic E-state index is -0.354. The fourth-order valence-electron chi connectivity index (χ4n) is 3.29. The van der Waals surface area contributed by atoms with Gasteiger partial charge in [0.15, 0.2) is 0 Å². The molecule has 2 heterocycles. The molecule has 2 aromatic rings. The smallest absolute Gasteiger partial charge is 0.231 e. The van der Waals surface area contributed by atoms with Crippen molar-refractivity contribution in [2.75, 3.05) is 19.6 Å². The number of amides is 2. The largest absolute Gasteiger partial charge is 0.369 e. The van der Waals surface area contributed by atoms with E-state index in [-0.39, 0.29) is 36.6 Å². The molecule has 3 rings (SSSR count). The number of nitrogens with zero attached hydrogens (tertiary/aromatic N) is 1. The Hall–Kier alpha value is -2.41. The summed E-state index contributed by atoms with van der Waals surface area (Å²) in [5.41, 5.74) is 6.75. The number of hydrogen-bond donors (Lipinski definition) is 3. The van der Waals surface area contributed by atoms with Gasteiger partial charge in [-0.1, -0.05) is 0 Å². The Bertz CT molecular complexity index is 758. The summed E-state index contributed by atoms with van der Waals surface area (Å²) in [6.45, 7) is 1.68. The molecule has 0 bridgehead atoms. The summed E-state index contributed by atoms with van der Waals surface area (Å²) in [5, 5.41) is 3.87. The molecular weight excluding hydrogens is 311 g/mol. The maximum absolute atomic E-state index is 13.2. The molecule has 1 aliphatic rings. The number of halogens is 1. The molecule has 6 nitrogen and oxygen atoms in total. The number of rotatable bonds is 5. The van der Waals surface area contributed by atoms with Crippen molar-refractivity contribution >= 4 is 22.7 Å². The van der Waals surface area contributed by atoms with Gasteiger partial charge in [-0.25, -0.2) is 4.39 Å². The number of aromatic nitrogens is 1. The second-order valence-corrected chi connectivity index (χ2v) is 6.29. The van der Waals surface area contributed by atoms with Crippen molar-refractivity contribution in [3.63, 3.8) is 0 Å². The minimum absolute atomic E-state index is 0.0215. The highest BCUT2D eigenvalue weighted by molar-refractivity contribution is 5.89. The summed E-state index contributed by atoms with van der Waals surface area (Å²) < 4.78 is 13.2. The second kappa shape index (κ2) is 7.00. The standard InChI is InChI=1S/C17H21FN4O2/c18-12-3-4-14-11(8-20-15(14)7-12)6-17(24)21-13-2-1-5-22(9-13)10-16(19)23/h3-4,7-8,13,20H,1-2,5-6,9-10H2,(H2,19,23)(H,21,24)/t13-/m0/s1. The molecule has 0 spiro atoms. The average Bonchev–Trinajstić information content (AvgIpc) is 2.88. The van der Waals surface area contributed by atoms with Crippen LogP contribution in [-0.4, -0.2) is 47.4 Å². The lowest BCUT2D eigenvalue weighted by atomic mass is 10.0. The number of H-pyrrole nitrogens is 1. The highest BCUT2D eigenvalue weighted by atomic mass is 19.1. The fourth-order valence-corrected chi connectivity index (χ4v) is 3.29.